The summed E-state index contributed by atoms with van der Waals surface area (Å²) in [7, 11) is 3.28. The van der Waals surface area contributed by atoms with E-state index in [-0.39, 0.29) is 17.9 Å². The van der Waals surface area contributed by atoms with Gasteiger partial charge >= 0.3 is 6.03 Å². The highest BCUT2D eigenvalue weighted by Gasteiger charge is 2.31. The van der Waals surface area contributed by atoms with E-state index in [4.69, 9.17) is 9.47 Å². The van der Waals surface area contributed by atoms with E-state index in [1.807, 2.05) is 30.3 Å². The van der Waals surface area contributed by atoms with Gasteiger partial charge in [0.25, 0.3) is 0 Å². The van der Waals surface area contributed by atoms with E-state index in [1.54, 1.807) is 31.3 Å². The van der Waals surface area contributed by atoms with E-state index in [0.29, 0.717) is 24.7 Å². The quantitative estimate of drug-likeness (QED) is 0.730. The molecule has 2 N–H and O–H groups in total. The third-order valence-corrected chi connectivity index (χ3v) is 5.53. The maximum absolute atomic E-state index is 12.5. The number of rotatable bonds is 7. The van der Waals surface area contributed by atoms with E-state index in [2.05, 4.69) is 10.6 Å². The van der Waals surface area contributed by atoms with Crippen molar-refractivity contribution in [1.82, 2.24) is 4.90 Å². The summed E-state index contributed by atoms with van der Waals surface area (Å²) in [5, 5.41) is 5.81. The van der Waals surface area contributed by atoms with Crippen LogP contribution < -0.4 is 20.1 Å². The molecule has 7 nitrogen and oxygen atoms in total. The first kappa shape index (κ1) is 20.1. The Bertz CT molecular complexity index is 896. The van der Waals surface area contributed by atoms with Crippen LogP contribution >= 0.6 is 0 Å². The van der Waals surface area contributed by atoms with Crippen molar-refractivity contribution in [2.75, 3.05) is 37.9 Å². The van der Waals surface area contributed by atoms with Gasteiger partial charge in [-0.2, -0.15) is 0 Å². The molecule has 158 valence electrons. The number of nitrogens with zero attached hydrogens (tertiary/aromatic N) is 1. The second kappa shape index (κ2) is 8.65. The molecule has 2 aromatic carbocycles. The Labute approximate surface area is 176 Å². The monoisotopic (exact) mass is 409 g/mol. The van der Waals surface area contributed by atoms with Crippen LogP contribution in [-0.2, 0) is 11.2 Å². The number of nitrogens with one attached hydrogen (secondary N) is 2. The lowest BCUT2D eigenvalue weighted by Gasteiger charge is -2.39. The molecule has 0 unspecified atom stereocenters. The normalized spacial score (nSPS) is 15.9. The number of urea groups is 1. The number of ether oxygens (including phenoxy) is 2. The summed E-state index contributed by atoms with van der Waals surface area (Å²) in [6.07, 6.45) is 2.82. The Morgan fingerprint density at radius 2 is 1.50 bits per heavy atom. The summed E-state index contributed by atoms with van der Waals surface area (Å²) in [6.45, 7) is 1.42. The summed E-state index contributed by atoms with van der Waals surface area (Å²) in [5.74, 6) is 2.20. The average Bonchev–Trinajstić information content (AvgIpc) is 3.57. The minimum atomic E-state index is -0.107. The molecule has 1 aliphatic heterocycles. The Morgan fingerprint density at radius 1 is 0.933 bits per heavy atom. The van der Waals surface area contributed by atoms with Crippen LogP contribution in [-0.4, -0.2) is 44.1 Å². The van der Waals surface area contributed by atoms with Gasteiger partial charge in [-0.3, -0.25) is 4.79 Å². The zero-order valence-corrected chi connectivity index (χ0v) is 17.3. The molecule has 0 atom stereocenters. The molecule has 0 radical (unpaired) electrons. The van der Waals surface area contributed by atoms with Gasteiger partial charge in [-0.1, -0.05) is 0 Å². The van der Waals surface area contributed by atoms with Gasteiger partial charge < -0.3 is 25.0 Å². The van der Waals surface area contributed by atoms with Crippen molar-refractivity contribution in [3.63, 3.8) is 0 Å². The molecule has 2 fully saturated rings. The molecule has 7 heteroatoms. The Balaban J connectivity index is 1.25. The summed E-state index contributed by atoms with van der Waals surface area (Å²) in [6, 6.07) is 13.0. The molecular weight excluding hydrogens is 382 g/mol. The van der Waals surface area contributed by atoms with Crippen molar-refractivity contribution in [2.24, 2.45) is 11.8 Å². The zero-order valence-electron chi connectivity index (χ0n) is 17.3. The summed E-state index contributed by atoms with van der Waals surface area (Å²) >= 11 is 0. The Hall–Kier alpha value is -3.22. The minimum absolute atomic E-state index is 0.0760. The predicted molar refractivity (Wildman–Crippen MR) is 115 cm³/mol. The van der Waals surface area contributed by atoms with Crippen molar-refractivity contribution in [3.05, 3.63) is 48.0 Å². The molecule has 30 heavy (non-hydrogen) atoms. The first-order valence-electron chi connectivity index (χ1n) is 10.2. The van der Waals surface area contributed by atoms with Crippen LogP contribution in [0, 0.1) is 11.8 Å². The predicted octanol–water partition coefficient (Wildman–Crippen LogP) is 3.76. The van der Waals surface area contributed by atoms with Crippen molar-refractivity contribution in [2.45, 2.75) is 19.3 Å². The fourth-order valence-electron chi connectivity index (χ4n) is 3.61. The number of benzene rings is 2. The lowest BCUT2D eigenvalue weighted by Crippen LogP contribution is -2.52. The number of hydrogen-bond donors (Lipinski definition) is 2. The first-order valence-corrected chi connectivity index (χ1v) is 10.2. The van der Waals surface area contributed by atoms with Crippen LogP contribution in [0.3, 0.4) is 0 Å². The van der Waals surface area contributed by atoms with E-state index >= 15 is 0 Å². The fourth-order valence-corrected chi connectivity index (χ4v) is 3.61. The van der Waals surface area contributed by atoms with E-state index in [9.17, 15) is 9.59 Å². The maximum atomic E-state index is 12.5. The Kier molecular flexibility index (Phi) is 5.79. The van der Waals surface area contributed by atoms with Gasteiger partial charge in [-0.25, -0.2) is 4.79 Å². The topological polar surface area (TPSA) is 79.9 Å². The van der Waals surface area contributed by atoms with Gasteiger partial charge in [0, 0.05) is 36.4 Å². The van der Waals surface area contributed by atoms with E-state index in [0.717, 1.165) is 42.0 Å². The van der Waals surface area contributed by atoms with Gasteiger partial charge in [-0.15, -0.1) is 0 Å². The molecule has 4 rings (SSSR count). The van der Waals surface area contributed by atoms with Crippen LogP contribution in [0.15, 0.2) is 42.5 Å². The highest BCUT2D eigenvalue weighted by Crippen LogP contribution is 2.30. The zero-order chi connectivity index (χ0) is 21.1. The smallest absolute Gasteiger partial charge is 0.321 e. The van der Waals surface area contributed by atoms with Gasteiger partial charge in [0.15, 0.2) is 0 Å². The average molecular weight is 409 g/mol. The molecule has 2 aliphatic rings. The van der Waals surface area contributed by atoms with Crippen molar-refractivity contribution in [1.29, 1.82) is 0 Å². The van der Waals surface area contributed by atoms with Gasteiger partial charge in [0.2, 0.25) is 5.91 Å². The molecule has 1 heterocycles. The molecule has 1 saturated heterocycles. The number of methoxy groups -OCH3 is 2. The molecular formula is C23H27N3O4. The van der Waals surface area contributed by atoms with E-state index in [1.165, 1.54) is 0 Å². The van der Waals surface area contributed by atoms with Crippen LogP contribution in [0.25, 0.3) is 0 Å². The van der Waals surface area contributed by atoms with Crippen LogP contribution in [0.2, 0.25) is 0 Å². The second-order valence-electron chi connectivity index (χ2n) is 7.97. The van der Waals surface area contributed by atoms with Gasteiger partial charge in [-0.05, 0) is 67.1 Å². The SMILES string of the molecule is COc1cc(CC2CN(C(=O)Nc3ccc(NC(=O)C4CC4)cc3)C2)cc(OC)c1. The van der Waals surface area contributed by atoms with Crippen LogP contribution in [0.4, 0.5) is 16.2 Å². The number of carbonyl (C=O) groups excluding carboxylic acids is 2. The number of carbonyl (C=O) groups is 2. The highest BCUT2D eigenvalue weighted by atomic mass is 16.5. The molecule has 1 saturated carbocycles. The first-order chi connectivity index (χ1) is 14.5. The van der Waals surface area contributed by atoms with E-state index < -0.39 is 0 Å². The summed E-state index contributed by atoms with van der Waals surface area (Å²) in [4.78, 5) is 26.1. The van der Waals surface area contributed by atoms with Gasteiger partial charge in [0.05, 0.1) is 14.2 Å². The maximum Gasteiger partial charge on any atom is 0.321 e. The second-order valence-corrected chi connectivity index (χ2v) is 7.97. The highest BCUT2D eigenvalue weighted by molar-refractivity contribution is 5.94. The van der Waals surface area contributed by atoms with Crippen molar-refractivity contribution >= 4 is 23.3 Å². The molecule has 0 spiro atoms. The van der Waals surface area contributed by atoms with Crippen molar-refractivity contribution in [3.8, 4) is 11.5 Å². The summed E-state index contributed by atoms with van der Waals surface area (Å²) in [5.41, 5.74) is 2.60. The number of hydrogen-bond acceptors (Lipinski definition) is 4. The number of anilines is 2. The molecule has 0 aromatic heterocycles. The fraction of sp³-hybridized carbons (Fsp3) is 0.391. The minimum Gasteiger partial charge on any atom is -0.497 e. The molecule has 1 aliphatic carbocycles. The standard InChI is InChI=1S/C23H27N3O4/c1-29-20-10-15(11-21(12-20)30-2)9-16-13-26(14-16)23(28)25-19-7-5-18(6-8-19)24-22(27)17-3-4-17/h5-8,10-12,16-17H,3-4,9,13-14H2,1-2H3,(H,24,27)(H,25,28). The number of likely N-dealkylation sites (tertiary alicyclic amines) is 1. The number of amides is 3. The van der Waals surface area contributed by atoms with Crippen LogP contribution in [0.1, 0.15) is 18.4 Å². The molecule has 0 bridgehead atoms. The van der Waals surface area contributed by atoms with Crippen molar-refractivity contribution < 1.29 is 19.1 Å². The third kappa shape index (κ3) is 4.84. The van der Waals surface area contributed by atoms with Crippen LogP contribution in [0.5, 0.6) is 11.5 Å². The Morgan fingerprint density at radius 3 is 2.03 bits per heavy atom. The third-order valence-electron chi connectivity index (χ3n) is 5.53. The largest absolute Gasteiger partial charge is 0.497 e. The lowest BCUT2D eigenvalue weighted by molar-refractivity contribution is -0.117. The summed E-state index contributed by atoms with van der Waals surface area (Å²) < 4.78 is 10.6. The van der Waals surface area contributed by atoms with Gasteiger partial charge in [0.1, 0.15) is 11.5 Å². The molecule has 3 amide bonds. The lowest BCUT2D eigenvalue weighted by atomic mass is 9.92. The molecule has 2 aromatic rings.